The zero-order chi connectivity index (χ0) is 73.8. The summed E-state index contributed by atoms with van der Waals surface area (Å²) in [6, 6.07) is 21.1. The van der Waals surface area contributed by atoms with E-state index in [1.54, 1.807) is 18.2 Å². The van der Waals surface area contributed by atoms with E-state index in [-0.39, 0.29) is 88.4 Å². The number of carbonyl (C=O) groups excluding carboxylic acids is 4. The average Bonchev–Trinajstić information content (AvgIpc) is 1.59. The molecule has 0 saturated heterocycles. The Labute approximate surface area is 591 Å². The summed E-state index contributed by atoms with van der Waals surface area (Å²) in [5.41, 5.74) is 11.2. The molecule has 26 nitrogen and oxygen atoms in total. The molecule has 102 heavy (non-hydrogen) atoms. The predicted octanol–water partition coefficient (Wildman–Crippen LogP) is 10.8. The summed E-state index contributed by atoms with van der Waals surface area (Å²) >= 11 is 0. The Balaban J connectivity index is 0.784. The van der Waals surface area contributed by atoms with E-state index in [1.165, 1.54) is 42.5 Å². The maximum atomic E-state index is 13.1. The fourth-order valence-corrected chi connectivity index (χ4v) is 14.1. The topological polar surface area (TPSA) is 401 Å². The third-order valence-corrected chi connectivity index (χ3v) is 20.4. The highest BCUT2D eigenvalue weighted by Gasteiger charge is 2.45. The Bertz CT molecular complexity index is 4690. The Kier molecular flexibility index (Phi) is 24.4. The first-order chi connectivity index (χ1) is 48.3. The number of allylic oxidation sites excluding steroid dienone is 7. The van der Waals surface area contributed by atoms with Gasteiger partial charge in [-0.15, -0.1) is 0 Å². The molecule has 10 N–H and O–H groups in total. The molecule has 0 saturated carbocycles. The Morgan fingerprint density at radius 3 is 2.16 bits per heavy atom. The molecule has 2 aromatic heterocycles. The SMILES string of the molecule is CCCCC[N+]1=C(C=CC2=C(Oc3ccc(C)cc3)C(=CC=C3N(CCCCCC(=O)NCCCC[C@H](CC(=O)CC[C@H](NC(=O)c4ccc(NC(=O)c5cnc6nc(N)[nH]c(=O)c6n5)cc4)C(=O)O)C(=O)O)c4ccc(S(=O)(=O)O)cc4C3(C)C)CCC2)C(C)(C)c2cc(S(=O)(=O)O)ccc21. The van der Waals surface area contributed by atoms with E-state index in [1.807, 2.05) is 45.0 Å². The van der Waals surface area contributed by atoms with Crippen LogP contribution in [0.25, 0.3) is 11.2 Å². The molecule has 0 bridgehead atoms. The summed E-state index contributed by atoms with van der Waals surface area (Å²) in [6.07, 6.45) is 16.5. The van der Waals surface area contributed by atoms with E-state index < -0.39 is 78.1 Å². The number of ketones is 1. The van der Waals surface area contributed by atoms with Crippen LogP contribution in [0, 0.1) is 12.8 Å². The quantitative estimate of drug-likeness (QED) is 0.0105. The number of Topliss-reactive ketones (excluding diaryl/α,β-unsaturated/α-hetero) is 1. The van der Waals surface area contributed by atoms with Gasteiger partial charge in [-0.1, -0.05) is 63.8 Å². The number of aliphatic carboxylic acids is 2. The number of carbonyl (C=O) groups is 6. The number of benzene rings is 4. The minimum atomic E-state index is -4.55. The van der Waals surface area contributed by atoms with E-state index in [9.17, 15) is 69.7 Å². The lowest BCUT2D eigenvalue weighted by molar-refractivity contribution is -0.438. The van der Waals surface area contributed by atoms with Gasteiger partial charge in [0.25, 0.3) is 37.6 Å². The molecule has 3 aliphatic rings. The predicted molar refractivity (Wildman–Crippen MR) is 384 cm³/mol. The van der Waals surface area contributed by atoms with E-state index in [2.05, 4.69) is 90.4 Å². The Morgan fingerprint density at radius 1 is 0.765 bits per heavy atom. The van der Waals surface area contributed by atoms with Crippen molar-refractivity contribution >= 4 is 95.6 Å². The number of unbranched alkanes of at least 4 members (excludes halogenated alkanes) is 5. The van der Waals surface area contributed by atoms with Gasteiger partial charge in [0.2, 0.25) is 17.5 Å². The second kappa shape index (κ2) is 32.7. The number of H-pyrrole nitrogens is 1. The molecular weight excluding hydrogens is 1350 g/mol. The normalized spacial score (nSPS) is 16.3. The van der Waals surface area contributed by atoms with Crippen molar-refractivity contribution in [1.29, 1.82) is 0 Å². The fourth-order valence-electron chi connectivity index (χ4n) is 13.1. The van der Waals surface area contributed by atoms with E-state index >= 15 is 0 Å². The van der Waals surface area contributed by atoms with Gasteiger partial charge in [-0.25, -0.2) is 14.8 Å². The lowest BCUT2D eigenvalue weighted by Crippen LogP contribution is -2.41. The van der Waals surface area contributed by atoms with Gasteiger partial charge < -0.3 is 41.5 Å². The molecule has 3 amide bonds. The summed E-state index contributed by atoms with van der Waals surface area (Å²) in [5.74, 6) is -4.74. The molecule has 1 aliphatic carbocycles. The first kappa shape index (κ1) is 76.2. The molecule has 540 valence electrons. The lowest BCUT2D eigenvalue weighted by atomic mass is 9.81. The van der Waals surface area contributed by atoms with Gasteiger partial charge in [0.05, 0.1) is 27.3 Å². The number of carboxylic acid groups (broad SMARTS) is 2. The van der Waals surface area contributed by atoms with E-state index in [4.69, 9.17) is 10.5 Å². The number of aryl methyl sites for hydroxylation is 1. The number of nitrogens with one attached hydrogen (secondary N) is 4. The van der Waals surface area contributed by atoms with Crippen molar-refractivity contribution in [1.82, 2.24) is 30.6 Å². The summed E-state index contributed by atoms with van der Waals surface area (Å²) in [7, 11) is -9.01. The molecule has 0 spiro atoms. The van der Waals surface area contributed by atoms with Crippen molar-refractivity contribution < 1.29 is 74.2 Å². The van der Waals surface area contributed by atoms with Gasteiger partial charge in [0.1, 0.15) is 35.6 Å². The van der Waals surface area contributed by atoms with Crippen LogP contribution in [0.2, 0.25) is 0 Å². The summed E-state index contributed by atoms with van der Waals surface area (Å²) in [4.78, 5) is 105. The van der Waals surface area contributed by atoms with E-state index in [0.717, 1.165) is 76.9 Å². The zero-order valence-electron chi connectivity index (χ0n) is 57.9. The van der Waals surface area contributed by atoms with E-state index in [0.29, 0.717) is 75.1 Å². The van der Waals surface area contributed by atoms with Gasteiger partial charge in [0.15, 0.2) is 16.9 Å². The molecular formula is C74H87N10O16S2+. The van der Waals surface area contributed by atoms with Crippen LogP contribution in [0.15, 0.2) is 153 Å². The third kappa shape index (κ3) is 18.7. The van der Waals surface area contributed by atoms with Gasteiger partial charge >= 0.3 is 11.9 Å². The van der Waals surface area contributed by atoms with Crippen LogP contribution >= 0.6 is 0 Å². The average molecular weight is 1440 g/mol. The molecule has 2 atom stereocenters. The number of carboxylic acids is 2. The highest BCUT2D eigenvalue weighted by Crippen LogP contribution is 2.49. The molecule has 4 heterocycles. The van der Waals surface area contributed by atoms with Crippen molar-refractivity contribution in [2.24, 2.45) is 5.92 Å². The number of nitrogens with zero attached hydrogens (tertiary/aromatic N) is 5. The minimum Gasteiger partial charge on any atom is -0.481 e. The number of anilines is 3. The first-order valence-electron chi connectivity index (χ1n) is 34.1. The molecule has 6 aromatic rings. The first-order valence-corrected chi connectivity index (χ1v) is 36.9. The number of aromatic amines is 1. The summed E-state index contributed by atoms with van der Waals surface area (Å²) in [5, 5.41) is 27.7. The second-order valence-corrected chi connectivity index (χ2v) is 29.7. The maximum absolute atomic E-state index is 13.1. The monoisotopic (exact) mass is 1440 g/mol. The van der Waals surface area contributed by atoms with Crippen LogP contribution in [0.1, 0.15) is 175 Å². The maximum Gasteiger partial charge on any atom is 0.326 e. The number of hydrogen-bond donors (Lipinski definition) is 9. The van der Waals surface area contributed by atoms with Crippen LogP contribution in [-0.2, 0) is 50.2 Å². The van der Waals surface area contributed by atoms with Crippen molar-refractivity contribution in [3.05, 3.63) is 176 Å². The molecule has 4 aromatic carbocycles. The Morgan fingerprint density at radius 2 is 1.47 bits per heavy atom. The number of ether oxygens (including phenoxy) is 1. The summed E-state index contributed by atoms with van der Waals surface area (Å²) in [6.45, 7) is 13.7. The van der Waals surface area contributed by atoms with Crippen LogP contribution in [0.4, 0.5) is 23.0 Å². The molecule has 28 heteroatoms. The van der Waals surface area contributed by atoms with Crippen molar-refractivity contribution in [2.75, 3.05) is 35.6 Å². The lowest BCUT2D eigenvalue weighted by Gasteiger charge is -2.27. The number of aromatic nitrogens is 4. The third-order valence-electron chi connectivity index (χ3n) is 18.7. The molecule has 0 fully saturated rings. The largest absolute Gasteiger partial charge is 0.481 e. The van der Waals surface area contributed by atoms with Crippen molar-refractivity contribution in [3.8, 4) is 5.75 Å². The number of hydrogen-bond acceptors (Lipinski definition) is 17. The van der Waals surface area contributed by atoms with Crippen LogP contribution in [0.5, 0.6) is 5.75 Å². The Hall–Kier alpha value is -10.0. The number of fused-ring (bicyclic) bond motifs is 3. The fraction of sp³-hybridized carbons (Fsp3) is 0.392. The standard InChI is InChI=1S/C74H86N10O16S2/c1-7-8-13-39-83-59-34-31-53(101(94,95)96)42-55(59)73(3,4)61(83)36-24-46-17-15-18-47(65(46)100-52-29-20-45(2)21-30-52)25-37-62-74(5,6)56-43-54(102(97,98)99)32-35-60(56)84(62)40-14-9-10-19-63(86)76-38-12-11-16-49(70(90)91)41-51(85)28-33-57(71(92)93)80-67(87)48-22-26-50(27-23-48)78-68(88)58-44-77-66-64(79-58)69(89)82-72(75)81-66/h20-27,29-32,34-37,42-44,49,57H,7-19,28,33,38-41H2,1-6H3,(H9-,75,76,77,78,80,81,82,86,87,88,89,90,91,92,93,94,95,96,97,98,99)/p+1/t49-,57+/m1/s1. The van der Waals surface area contributed by atoms with Gasteiger partial charge in [-0.3, -0.25) is 42.9 Å². The van der Waals surface area contributed by atoms with Crippen LogP contribution in [0.3, 0.4) is 0 Å². The van der Waals surface area contributed by atoms with Gasteiger partial charge in [-0.2, -0.15) is 26.4 Å². The van der Waals surface area contributed by atoms with Crippen LogP contribution < -0.4 is 36.9 Å². The smallest absolute Gasteiger partial charge is 0.326 e. The van der Waals surface area contributed by atoms with Gasteiger partial charge in [0, 0.05) is 84.5 Å². The molecule has 2 aliphatic heterocycles. The van der Waals surface area contributed by atoms with Gasteiger partial charge in [-0.05, 0) is 174 Å². The number of amides is 3. The van der Waals surface area contributed by atoms with Crippen LogP contribution in [-0.4, -0.2) is 127 Å². The highest BCUT2D eigenvalue weighted by molar-refractivity contribution is 7.86. The number of nitrogen functional groups attached to an aromatic ring is 1. The minimum absolute atomic E-state index is 0.0299. The second-order valence-electron chi connectivity index (χ2n) is 26.9. The van der Waals surface area contributed by atoms with Crippen molar-refractivity contribution in [2.45, 2.75) is 171 Å². The zero-order valence-corrected chi connectivity index (χ0v) is 59.5. The molecule has 0 radical (unpaired) electrons. The molecule has 0 unspecified atom stereocenters. The number of rotatable bonds is 33. The number of nitrogens with two attached hydrogens (primary N) is 1. The molecule has 9 rings (SSSR count). The van der Waals surface area contributed by atoms with Crippen molar-refractivity contribution in [3.63, 3.8) is 0 Å². The summed E-state index contributed by atoms with van der Waals surface area (Å²) < 4.78 is 79.2. The highest BCUT2D eigenvalue weighted by atomic mass is 32.2.